The number of halogens is 2. The van der Waals surface area contributed by atoms with Crippen LogP contribution in [0.4, 0.5) is 0 Å². The van der Waals surface area contributed by atoms with E-state index in [1.54, 1.807) is 24.5 Å². The van der Waals surface area contributed by atoms with Crippen LogP contribution in [0.1, 0.15) is 84.5 Å². The summed E-state index contributed by atoms with van der Waals surface area (Å²) in [5, 5.41) is 15.6. The van der Waals surface area contributed by atoms with Crippen molar-refractivity contribution in [2.45, 2.75) is 69.5 Å². The number of pyridine rings is 1. The van der Waals surface area contributed by atoms with Crippen LogP contribution >= 0.6 is 23.2 Å². The molecule has 1 N–H and O–H groups in total. The summed E-state index contributed by atoms with van der Waals surface area (Å²) in [6.07, 6.45) is 13.1. The van der Waals surface area contributed by atoms with Crippen molar-refractivity contribution in [3.63, 3.8) is 0 Å². The van der Waals surface area contributed by atoms with Crippen LogP contribution in [0.3, 0.4) is 0 Å². The molecule has 0 spiro atoms. The third-order valence-electron chi connectivity index (χ3n) is 9.26. The molecule has 0 amide bonds. The number of rotatable bonds is 6. The molecule has 41 heavy (non-hydrogen) atoms. The van der Waals surface area contributed by atoms with Gasteiger partial charge in [-0.3, -0.25) is 4.98 Å². The molecule has 0 unspecified atom stereocenters. The lowest BCUT2D eigenvalue weighted by Gasteiger charge is -2.51. The predicted octanol–water partition coefficient (Wildman–Crippen LogP) is 7.77. The van der Waals surface area contributed by atoms with E-state index in [1.165, 1.54) is 0 Å². The van der Waals surface area contributed by atoms with Crippen molar-refractivity contribution in [1.29, 1.82) is 0 Å². The van der Waals surface area contributed by atoms with E-state index < -0.39 is 5.97 Å². The number of benzene rings is 1. The molecule has 4 fully saturated rings. The standard InChI is InChI=1S/C32H29Cl2N3O4/c1-37-17-21(22-5-4-20(30(38)39)14-26(22)37)6-7-31-8-11-32(12-9-31,13-10-31)40-18-23-28(36-41-29(23)19-2-3-19)27-24(33)15-35-16-25(27)34/h4-5,14-17,19H,2-3,8-13,18H2,1H3,(H,38,39). The Kier molecular flexibility index (Phi) is 6.42. The van der Waals surface area contributed by atoms with Gasteiger partial charge < -0.3 is 18.9 Å². The fourth-order valence-electron chi connectivity index (χ4n) is 6.56. The minimum absolute atomic E-state index is 0.0199. The number of hydrogen-bond donors (Lipinski definition) is 1. The Morgan fingerprint density at radius 1 is 1.15 bits per heavy atom. The predicted molar refractivity (Wildman–Crippen MR) is 156 cm³/mol. The number of nitrogens with zero attached hydrogens (tertiary/aromatic N) is 3. The van der Waals surface area contributed by atoms with Crippen molar-refractivity contribution in [3.8, 4) is 23.1 Å². The Bertz CT molecular complexity index is 1710. The molecule has 4 saturated carbocycles. The molecule has 9 heteroatoms. The second kappa shape index (κ2) is 9.90. The van der Waals surface area contributed by atoms with Gasteiger partial charge in [0.2, 0.25) is 0 Å². The summed E-state index contributed by atoms with van der Waals surface area (Å²) in [5.41, 5.74) is 4.13. The Hall–Kier alpha value is -3.31. The maximum atomic E-state index is 11.4. The molecule has 4 aromatic rings. The van der Waals surface area contributed by atoms with Crippen molar-refractivity contribution < 1.29 is 19.2 Å². The molecule has 0 aliphatic heterocycles. The van der Waals surface area contributed by atoms with Gasteiger partial charge in [0, 0.05) is 59.0 Å². The summed E-state index contributed by atoms with van der Waals surface area (Å²) in [4.78, 5) is 15.5. The van der Waals surface area contributed by atoms with Gasteiger partial charge in [0.1, 0.15) is 11.5 Å². The molecule has 7 nitrogen and oxygen atoms in total. The zero-order chi connectivity index (χ0) is 28.4. The van der Waals surface area contributed by atoms with Crippen molar-refractivity contribution in [2.24, 2.45) is 12.5 Å². The van der Waals surface area contributed by atoms with Gasteiger partial charge in [-0.2, -0.15) is 0 Å². The topological polar surface area (TPSA) is 90.4 Å². The highest BCUT2D eigenvalue weighted by molar-refractivity contribution is 6.38. The molecule has 210 valence electrons. The second-order valence-electron chi connectivity index (χ2n) is 11.8. The lowest BCUT2D eigenvalue weighted by Crippen LogP contribution is -2.47. The molecule has 3 aromatic heterocycles. The number of carbonyl (C=O) groups is 1. The van der Waals surface area contributed by atoms with E-state index in [2.05, 4.69) is 22.0 Å². The van der Waals surface area contributed by atoms with Crippen LogP contribution in [0, 0.1) is 17.3 Å². The Morgan fingerprint density at radius 3 is 2.51 bits per heavy atom. The number of ether oxygens (including phenoxy) is 1. The average Bonchev–Trinajstić information content (AvgIpc) is 3.66. The van der Waals surface area contributed by atoms with Gasteiger partial charge in [-0.05, 0) is 63.5 Å². The molecule has 0 radical (unpaired) electrons. The zero-order valence-corrected chi connectivity index (χ0v) is 24.2. The number of carboxylic acid groups (broad SMARTS) is 1. The summed E-state index contributed by atoms with van der Waals surface area (Å²) in [6.45, 7) is 0.409. The fraction of sp³-hybridized carbons (Fsp3) is 0.406. The summed E-state index contributed by atoms with van der Waals surface area (Å²) < 4.78 is 14.5. The number of carboxylic acids is 1. The highest BCUT2D eigenvalue weighted by Gasteiger charge is 2.49. The van der Waals surface area contributed by atoms with E-state index in [1.807, 2.05) is 23.9 Å². The van der Waals surface area contributed by atoms with Crippen molar-refractivity contribution in [2.75, 3.05) is 0 Å². The van der Waals surface area contributed by atoms with Crippen molar-refractivity contribution in [3.05, 3.63) is 69.3 Å². The van der Waals surface area contributed by atoms with Crippen LogP contribution in [-0.2, 0) is 18.4 Å². The zero-order valence-electron chi connectivity index (χ0n) is 22.7. The third kappa shape index (κ3) is 4.72. The maximum absolute atomic E-state index is 11.4. The highest BCUT2D eigenvalue weighted by Crippen LogP contribution is 2.54. The lowest BCUT2D eigenvalue weighted by molar-refractivity contribution is -0.131. The van der Waals surface area contributed by atoms with E-state index in [0.717, 1.165) is 79.2 Å². The van der Waals surface area contributed by atoms with Crippen LogP contribution in [0.25, 0.3) is 22.2 Å². The van der Waals surface area contributed by atoms with Crippen molar-refractivity contribution >= 4 is 40.1 Å². The molecule has 1 aromatic carbocycles. The maximum Gasteiger partial charge on any atom is 0.335 e. The largest absolute Gasteiger partial charge is 0.478 e. The normalized spacial score (nSPS) is 23.5. The first-order chi connectivity index (χ1) is 19.8. The molecule has 4 aliphatic rings. The van der Waals surface area contributed by atoms with Gasteiger partial charge in [0.15, 0.2) is 0 Å². The number of aromatic carboxylic acids is 1. The first-order valence-corrected chi connectivity index (χ1v) is 14.8. The molecule has 0 saturated heterocycles. The average molecular weight is 591 g/mol. The Morgan fingerprint density at radius 2 is 1.85 bits per heavy atom. The molecule has 0 atom stereocenters. The van der Waals surface area contributed by atoms with Crippen LogP contribution in [0.15, 0.2) is 41.3 Å². The number of fused-ring (bicyclic) bond motifs is 4. The van der Waals surface area contributed by atoms with Crippen LogP contribution in [0.2, 0.25) is 10.0 Å². The SMILES string of the molecule is Cn1cc(C#CC23CCC(OCc4c(-c5c(Cl)cncc5Cl)noc4C4CC4)(CC2)CC3)c2ccc(C(=O)O)cc21. The monoisotopic (exact) mass is 589 g/mol. The van der Waals surface area contributed by atoms with Gasteiger partial charge in [0.05, 0.1) is 33.4 Å². The van der Waals surface area contributed by atoms with Crippen LogP contribution < -0.4 is 0 Å². The minimum Gasteiger partial charge on any atom is -0.478 e. The highest BCUT2D eigenvalue weighted by atomic mass is 35.5. The number of aryl methyl sites for hydroxylation is 1. The van der Waals surface area contributed by atoms with Crippen molar-refractivity contribution in [1.82, 2.24) is 14.7 Å². The second-order valence-corrected chi connectivity index (χ2v) is 12.6. The van der Waals surface area contributed by atoms with E-state index in [0.29, 0.717) is 33.8 Å². The summed E-state index contributed by atoms with van der Waals surface area (Å²) in [6, 6.07) is 5.22. The molecule has 4 aliphatic carbocycles. The number of hydrogen-bond acceptors (Lipinski definition) is 5. The van der Waals surface area contributed by atoms with E-state index in [-0.39, 0.29) is 16.6 Å². The molecular weight excluding hydrogens is 561 g/mol. The van der Waals surface area contributed by atoms with Gasteiger partial charge in [-0.1, -0.05) is 46.3 Å². The molecule has 8 rings (SSSR count). The van der Waals surface area contributed by atoms with Crippen LogP contribution in [0.5, 0.6) is 0 Å². The summed E-state index contributed by atoms with van der Waals surface area (Å²) >= 11 is 13.0. The first kappa shape index (κ1) is 26.6. The smallest absolute Gasteiger partial charge is 0.335 e. The quantitative estimate of drug-likeness (QED) is 0.231. The van der Waals surface area contributed by atoms with Gasteiger partial charge >= 0.3 is 5.97 Å². The fourth-order valence-corrected chi connectivity index (χ4v) is 7.10. The van der Waals surface area contributed by atoms with E-state index >= 15 is 0 Å². The number of aromatic nitrogens is 3. The van der Waals surface area contributed by atoms with E-state index in [9.17, 15) is 9.90 Å². The van der Waals surface area contributed by atoms with Gasteiger partial charge in [0.25, 0.3) is 0 Å². The Balaban J connectivity index is 1.09. The Labute approximate surface area is 247 Å². The minimum atomic E-state index is -0.927. The molecule has 3 heterocycles. The van der Waals surface area contributed by atoms with Crippen LogP contribution in [-0.4, -0.2) is 31.4 Å². The first-order valence-electron chi connectivity index (χ1n) is 14.0. The van der Waals surface area contributed by atoms with Gasteiger partial charge in [-0.15, -0.1) is 0 Å². The summed E-state index contributed by atoms with van der Waals surface area (Å²) in [7, 11) is 1.93. The van der Waals surface area contributed by atoms with Gasteiger partial charge in [-0.25, -0.2) is 4.79 Å². The summed E-state index contributed by atoms with van der Waals surface area (Å²) in [5.74, 6) is 7.44. The lowest BCUT2D eigenvalue weighted by atomic mass is 9.59. The molecular formula is C32H29Cl2N3O4. The third-order valence-corrected chi connectivity index (χ3v) is 9.83. The van der Waals surface area contributed by atoms with E-state index in [4.69, 9.17) is 32.5 Å². The molecule has 2 bridgehead atoms.